The molecule has 0 bridgehead atoms. The molecule has 0 spiro atoms. The summed E-state index contributed by atoms with van der Waals surface area (Å²) in [6, 6.07) is 16.6. The molecule has 7 nitrogen and oxygen atoms in total. The van der Waals surface area contributed by atoms with Gasteiger partial charge < -0.3 is 15.5 Å². The van der Waals surface area contributed by atoms with Gasteiger partial charge in [0.1, 0.15) is 11.5 Å². The van der Waals surface area contributed by atoms with E-state index in [9.17, 15) is 9.18 Å². The third-order valence-corrected chi connectivity index (χ3v) is 6.32. The Balaban J connectivity index is 1.45. The fourth-order valence-corrected chi connectivity index (χ4v) is 4.56. The number of benzene rings is 2. The first-order chi connectivity index (χ1) is 16.7. The van der Waals surface area contributed by atoms with Crippen molar-refractivity contribution in [2.75, 3.05) is 30.4 Å². The maximum atomic E-state index is 13.9. The Labute approximate surface area is 209 Å². The van der Waals surface area contributed by atoms with Crippen molar-refractivity contribution in [1.82, 2.24) is 19.9 Å². The lowest BCUT2D eigenvalue weighted by Crippen LogP contribution is -2.35. The molecule has 9 heteroatoms. The minimum atomic E-state index is -0.316. The van der Waals surface area contributed by atoms with Crippen molar-refractivity contribution in [3.8, 4) is 11.3 Å². The lowest BCUT2D eigenvalue weighted by atomic mass is 10.1. The van der Waals surface area contributed by atoms with E-state index >= 15 is 0 Å². The first-order valence-corrected chi connectivity index (χ1v) is 12.5. The van der Waals surface area contributed by atoms with E-state index in [0.29, 0.717) is 33.7 Å². The Morgan fingerprint density at radius 3 is 2.63 bits per heavy atom. The lowest BCUT2D eigenvalue weighted by Gasteiger charge is -2.22. The van der Waals surface area contributed by atoms with Crippen molar-refractivity contribution >= 4 is 33.2 Å². The van der Waals surface area contributed by atoms with E-state index in [1.54, 1.807) is 10.6 Å². The number of amides is 1. The van der Waals surface area contributed by atoms with Gasteiger partial charge in [-0.3, -0.25) is 4.79 Å². The predicted molar refractivity (Wildman–Crippen MR) is 141 cm³/mol. The molecule has 0 unspecified atom stereocenters. The van der Waals surface area contributed by atoms with Crippen LogP contribution < -0.4 is 15.5 Å². The van der Waals surface area contributed by atoms with Crippen molar-refractivity contribution in [2.45, 2.75) is 39.2 Å². The maximum Gasteiger partial charge on any atom is 0.239 e. The number of halogens is 1. The summed E-state index contributed by atoms with van der Waals surface area (Å²) < 4.78 is 15.6. The van der Waals surface area contributed by atoms with Gasteiger partial charge >= 0.3 is 0 Å². The summed E-state index contributed by atoms with van der Waals surface area (Å²) in [5.74, 6) is 0.324. The third kappa shape index (κ3) is 6.36. The van der Waals surface area contributed by atoms with Gasteiger partial charge in [0.05, 0.1) is 6.54 Å². The van der Waals surface area contributed by atoms with Crippen molar-refractivity contribution in [1.29, 1.82) is 0 Å². The number of rotatable bonds is 9. The molecular weight excluding hydrogens is 463 g/mol. The number of nitrogens with one attached hydrogen (secondary N) is 2. The summed E-state index contributed by atoms with van der Waals surface area (Å²) in [5.41, 5.74) is 2.33. The van der Waals surface area contributed by atoms with Crippen LogP contribution in [0.2, 0.25) is 0 Å². The molecule has 1 amide bonds. The summed E-state index contributed by atoms with van der Waals surface area (Å²) in [4.78, 5) is 19.7. The van der Waals surface area contributed by atoms with Crippen LogP contribution >= 0.6 is 11.3 Å². The Kier molecular flexibility index (Phi) is 7.35. The monoisotopic (exact) mass is 494 g/mol. The van der Waals surface area contributed by atoms with Crippen molar-refractivity contribution < 1.29 is 9.18 Å². The number of likely N-dealkylation sites (N-methyl/N-ethyl adjacent to an activating group) is 1. The molecule has 0 aliphatic rings. The van der Waals surface area contributed by atoms with Crippen LogP contribution in [0.4, 0.5) is 15.3 Å². The summed E-state index contributed by atoms with van der Waals surface area (Å²) in [6.45, 7) is 6.95. The van der Waals surface area contributed by atoms with Crippen LogP contribution in [0, 0.1) is 5.82 Å². The average Bonchev–Trinajstić information content (AvgIpc) is 3.36. The van der Waals surface area contributed by atoms with Crippen LogP contribution in [0.3, 0.4) is 0 Å². The summed E-state index contributed by atoms with van der Waals surface area (Å²) >= 11 is 1.39. The molecule has 2 N–H and O–H groups in total. The Bertz CT molecular complexity index is 1290. The number of carbonyl (C=O) groups excluding carboxylic acids is 1. The Morgan fingerprint density at radius 2 is 1.91 bits per heavy atom. The second kappa shape index (κ2) is 10.4. The third-order valence-electron chi connectivity index (χ3n) is 5.30. The fraction of sp³-hybridized carbons (Fsp3) is 0.346. The summed E-state index contributed by atoms with van der Waals surface area (Å²) in [6.07, 6.45) is 1.81. The number of imidazole rings is 1. The normalized spacial score (nSPS) is 11.6. The number of nitrogens with zero attached hydrogens (tertiary/aromatic N) is 4. The molecule has 0 aliphatic carbocycles. The van der Waals surface area contributed by atoms with Crippen molar-refractivity contribution in [3.63, 3.8) is 0 Å². The molecule has 4 aromatic rings. The number of aromatic nitrogens is 3. The Morgan fingerprint density at radius 1 is 1.14 bits per heavy atom. The topological polar surface area (TPSA) is 74.6 Å². The number of aryl methyl sites for hydroxylation is 1. The van der Waals surface area contributed by atoms with Gasteiger partial charge in [0, 0.05) is 24.7 Å². The maximum absolute atomic E-state index is 13.9. The zero-order valence-corrected chi connectivity index (χ0v) is 21.3. The summed E-state index contributed by atoms with van der Waals surface area (Å²) in [5, 5.41) is 11.8. The van der Waals surface area contributed by atoms with E-state index < -0.39 is 0 Å². The number of fused-ring (bicyclic) bond motifs is 1. The highest BCUT2D eigenvalue weighted by atomic mass is 32.1. The van der Waals surface area contributed by atoms with Gasteiger partial charge in [-0.2, -0.15) is 4.52 Å². The van der Waals surface area contributed by atoms with Gasteiger partial charge in [-0.15, -0.1) is 5.10 Å². The highest BCUT2D eigenvalue weighted by molar-refractivity contribution is 7.20. The van der Waals surface area contributed by atoms with E-state index in [0.717, 1.165) is 12.8 Å². The molecule has 2 aromatic heterocycles. The van der Waals surface area contributed by atoms with Crippen LogP contribution in [-0.2, 0) is 11.2 Å². The molecule has 2 heterocycles. The van der Waals surface area contributed by atoms with Crippen LogP contribution in [0.5, 0.6) is 0 Å². The van der Waals surface area contributed by atoms with Gasteiger partial charge in [-0.1, -0.05) is 53.8 Å². The molecule has 0 radical (unpaired) electrons. The number of carbonyl (C=O) groups is 1. The highest BCUT2D eigenvalue weighted by Crippen LogP contribution is 2.34. The first kappa shape index (κ1) is 24.7. The second-order valence-corrected chi connectivity index (χ2v) is 10.5. The minimum Gasteiger partial charge on any atom is -0.364 e. The van der Waals surface area contributed by atoms with Crippen molar-refractivity contribution in [3.05, 3.63) is 66.0 Å². The smallest absolute Gasteiger partial charge is 0.239 e. The molecule has 0 atom stereocenters. The molecule has 0 aliphatic heterocycles. The van der Waals surface area contributed by atoms with Gasteiger partial charge in [0.25, 0.3) is 0 Å². The largest absolute Gasteiger partial charge is 0.364 e. The molecule has 0 saturated carbocycles. The number of anilines is 2. The summed E-state index contributed by atoms with van der Waals surface area (Å²) in [7, 11) is 1.84. The SMILES string of the molecule is CN(CC(=O)NCCCc1ccccc1)c1nn2c(NC(C)(C)C)c(-c3cccc(F)c3)nc2s1. The van der Waals surface area contributed by atoms with Crippen LogP contribution in [0.1, 0.15) is 32.8 Å². The quantitative estimate of drug-likeness (QED) is 0.321. The molecule has 0 fully saturated rings. The van der Waals surface area contributed by atoms with E-state index in [2.05, 4.69) is 22.8 Å². The van der Waals surface area contributed by atoms with Gasteiger partial charge in [0.2, 0.25) is 16.0 Å². The van der Waals surface area contributed by atoms with Crippen molar-refractivity contribution in [2.24, 2.45) is 0 Å². The van der Waals surface area contributed by atoms with Gasteiger partial charge in [-0.05, 0) is 51.3 Å². The molecule has 184 valence electrons. The number of hydrogen-bond acceptors (Lipinski definition) is 6. The minimum absolute atomic E-state index is 0.0538. The van der Waals surface area contributed by atoms with E-state index in [-0.39, 0.29) is 23.8 Å². The molecule has 2 aromatic carbocycles. The zero-order chi connectivity index (χ0) is 25.0. The molecular formula is C26H31FN6OS. The van der Waals surface area contributed by atoms with Crippen LogP contribution in [-0.4, -0.2) is 46.2 Å². The highest BCUT2D eigenvalue weighted by Gasteiger charge is 2.23. The predicted octanol–water partition coefficient (Wildman–Crippen LogP) is 4.99. The lowest BCUT2D eigenvalue weighted by molar-refractivity contribution is -0.119. The molecule has 4 rings (SSSR count). The Hall–Kier alpha value is -3.46. The molecule has 35 heavy (non-hydrogen) atoms. The van der Waals surface area contributed by atoms with E-state index in [4.69, 9.17) is 10.1 Å². The van der Waals surface area contributed by atoms with E-state index in [1.165, 1.54) is 29.0 Å². The van der Waals surface area contributed by atoms with Gasteiger partial charge in [-0.25, -0.2) is 9.37 Å². The van der Waals surface area contributed by atoms with Gasteiger partial charge in [0.15, 0.2) is 5.82 Å². The standard InChI is InChI=1S/C26H31FN6OS/c1-26(2,3)30-23-22(19-13-8-14-20(27)16-19)29-24-33(23)31-25(35-24)32(4)17-21(34)28-15-9-12-18-10-6-5-7-11-18/h5-8,10-11,13-14,16,30H,9,12,15,17H2,1-4H3,(H,28,34). The van der Waals surface area contributed by atoms with Crippen LogP contribution in [0.15, 0.2) is 54.6 Å². The second-order valence-electron chi connectivity index (χ2n) is 9.57. The first-order valence-electron chi connectivity index (χ1n) is 11.6. The fourth-order valence-electron chi connectivity index (χ4n) is 3.70. The average molecular weight is 495 g/mol. The van der Waals surface area contributed by atoms with E-state index in [1.807, 2.05) is 57.0 Å². The number of hydrogen-bond donors (Lipinski definition) is 2. The molecule has 0 saturated heterocycles. The zero-order valence-electron chi connectivity index (χ0n) is 20.5. The van der Waals surface area contributed by atoms with Crippen LogP contribution in [0.25, 0.3) is 16.2 Å².